The topological polar surface area (TPSA) is 21.3 Å². The van der Waals surface area contributed by atoms with Crippen molar-refractivity contribution in [3.05, 3.63) is 50.1 Å². The van der Waals surface area contributed by atoms with Crippen LogP contribution in [0.15, 0.2) is 34.1 Å². The lowest BCUT2D eigenvalue weighted by atomic mass is 9.99. The number of rotatable bonds is 5. The van der Waals surface area contributed by atoms with Crippen molar-refractivity contribution in [3.8, 4) is 5.75 Å². The normalized spacial score (nSPS) is 12.4. The van der Waals surface area contributed by atoms with Crippen molar-refractivity contribution in [3.63, 3.8) is 0 Å². The predicted octanol–water partition coefficient (Wildman–Crippen LogP) is 4.33. The first-order chi connectivity index (χ1) is 9.13. The van der Waals surface area contributed by atoms with Crippen molar-refractivity contribution in [1.29, 1.82) is 0 Å². The van der Waals surface area contributed by atoms with Gasteiger partial charge in [0, 0.05) is 10.9 Å². The molecule has 0 aliphatic heterocycles. The molecule has 0 aliphatic rings. The fraction of sp³-hybridized carbons (Fsp3) is 0.333. The fourth-order valence-corrected chi connectivity index (χ4v) is 3.98. The van der Waals surface area contributed by atoms with Crippen molar-refractivity contribution < 1.29 is 4.74 Å². The van der Waals surface area contributed by atoms with Crippen LogP contribution in [0, 0.1) is 6.92 Å². The average molecular weight is 340 g/mol. The summed E-state index contributed by atoms with van der Waals surface area (Å²) in [5.74, 6) is 0.913. The third kappa shape index (κ3) is 3.59. The molecule has 2 aromatic rings. The molecule has 4 heteroatoms. The van der Waals surface area contributed by atoms with Gasteiger partial charge < -0.3 is 10.1 Å². The highest BCUT2D eigenvalue weighted by Gasteiger charge is 2.15. The highest BCUT2D eigenvalue weighted by atomic mass is 79.9. The van der Waals surface area contributed by atoms with Crippen molar-refractivity contribution in [2.45, 2.75) is 19.4 Å². The van der Waals surface area contributed by atoms with E-state index in [0.717, 1.165) is 12.2 Å². The Hall–Kier alpha value is -0.840. The molecular formula is C15H18BrNOS. The van der Waals surface area contributed by atoms with Crippen LogP contribution in [-0.4, -0.2) is 14.2 Å². The van der Waals surface area contributed by atoms with Gasteiger partial charge in [-0.2, -0.15) is 0 Å². The minimum Gasteiger partial charge on any atom is -0.497 e. The van der Waals surface area contributed by atoms with Gasteiger partial charge in [-0.25, -0.2) is 0 Å². The number of ether oxygens (including phenoxy) is 1. The van der Waals surface area contributed by atoms with Crippen molar-refractivity contribution in [2.75, 3.05) is 14.2 Å². The number of hydrogen-bond acceptors (Lipinski definition) is 3. The molecule has 19 heavy (non-hydrogen) atoms. The zero-order valence-corrected chi connectivity index (χ0v) is 13.8. The fourth-order valence-electron chi connectivity index (χ4n) is 2.21. The molecule has 1 unspecified atom stereocenters. The van der Waals surface area contributed by atoms with E-state index < -0.39 is 0 Å². The molecule has 102 valence electrons. The number of aryl methyl sites for hydroxylation is 1. The molecule has 1 N–H and O–H groups in total. The quantitative estimate of drug-likeness (QED) is 0.875. The lowest BCUT2D eigenvalue weighted by Crippen LogP contribution is -2.19. The number of benzene rings is 1. The number of thiophene rings is 1. The third-order valence-electron chi connectivity index (χ3n) is 3.22. The maximum absolute atomic E-state index is 5.28. The lowest BCUT2D eigenvalue weighted by molar-refractivity contribution is 0.414. The standard InChI is InChI=1S/C15H18BrNOS/c1-10-13(9-15(16)19-10)14(17-2)8-11-5-4-6-12(7-11)18-3/h4-7,9,14,17H,8H2,1-3H3. The van der Waals surface area contributed by atoms with Crippen LogP contribution in [0.5, 0.6) is 5.75 Å². The van der Waals surface area contributed by atoms with E-state index in [2.05, 4.69) is 46.4 Å². The summed E-state index contributed by atoms with van der Waals surface area (Å²) in [5, 5.41) is 3.40. The second-order valence-electron chi connectivity index (χ2n) is 4.46. The van der Waals surface area contributed by atoms with E-state index in [-0.39, 0.29) is 0 Å². The second-order valence-corrected chi connectivity index (χ2v) is 7.09. The number of methoxy groups -OCH3 is 1. The van der Waals surface area contributed by atoms with E-state index in [1.165, 1.54) is 19.8 Å². The molecule has 0 aliphatic carbocycles. The number of hydrogen-bond donors (Lipinski definition) is 1. The van der Waals surface area contributed by atoms with Gasteiger partial charge in [0.05, 0.1) is 10.9 Å². The first-order valence-corrected chi connectivity index (χ1v) is 7.81. The molecule has 1 atom stereocenters. The highest BCUT2D eigenvalue weighted by Crippen LogP contribution is 2.32. The third-order valence-corrected chi connectivity index (χ3v) is 4.79. The number of nitrogens with one attached hydrogen (secondary N) is 1. The van der Waals surface area contributed by atoms with Crippen LogP contribution in [0.4, 0.5) is 0 Å². The van der Waals surface area contributed by atoms with E-state index in [1.807, 2.05) is 19.2 Å². The Bertz CT molecular complexity index is 553. The Balaban J connectivity index is 2.21. The average Bonchev–Trinajstić information content (AvgIpc) is 2.75. The van der Waals surface area contributed by atoms with Gasteiger partial charge in [0.25, 0.3) is 0 Å². The van der Waals surface area contributed by atoms with Crippen LogP contribution in [-0.2, 0) is 6.42 Å². The largest absolute Gasteiger partial charge is 0.497 e. The van der Waals surface area contributed by atoms with Crippen LogP contribution in [0.3, 0.4) is 0 Å². The van der Waals surface area contributed by atoms with Crippen LogP contribution in [0.25, 0.3) is 0 Å². The van der Waals surface area contributed by atoms with E-state index in [4.69, 9.17) is 4.74 Å². The zero-order chi connectivity index (χ0) is 13.8. The molecule has 2 rings (SSSR count). The van der Waals surface area contributed by atoms with Gasteiger partial charge in [-0.05, 0) is 65.6 Å². The minimum absolute atomic E-state index is 0.328. The van der Waals surface area contributed by atoms with Gasteiger partial charge in [0.1, 0.15) is 5.75 Å². The summed E-state index contributed by atoms with van der Waals surface area (Å²) in [4.78, 5) is 1.36. The summed E-state index contributed by atoms with van der Waals surface area (Å²) in [6.45, 7) is 2.17. The van der Waals surface area contributed by atoms with Gasteiger partial charge in [-0.3, -0.25) is 0 Å². The molecule has 0 fully saturated rings. The van der Waals surface area contributed by atoms with Crippen molar-refractivity contribution in [2.24, 2.45) is 0 Å². The Kier molecular flexibility index (Phi) is 5.02. The van der Waals surface area contributed by atoms with Gasteiger partial charge >= 0.3 is 0 Å². The summed E-state index contributed by atoms with van der Waals surface area (Å²) in [6, 6.07) is 10.8. The first kappa shape index (κ1) is 14.6. The zero-order valence-electron chi connectivity index (χ0n) is 11.4. The van der Waals surface area contributed by atoms with Crippen LogP contribution in [0.1, 0.15) is 22.0 Å². The smallest absolute Gasteiger partial charge is 0.119 e. The summed E-state index contributed by atoms with van der Waals surface area (Å²) in [5.41, 5.74) is 2.64. The number of likely N-dealkylation sites (N-methyl/N-ethyl adjacent to an activating group) is 1. The van der Waals surface area contributed by atoms with E-state index in [9.17, 15) is 0 Å². The molecule has 1 aromatic heterocycles. The molecular weight excluding hydrogens is 322 g/mol. The molecule has 0 radical (unpaired) electrons. The van der Waals surface area contributed by atoms with Gasteiger partial charge in [-0.15, -0.1) is 11.3 Å². The maximum atomic E-state index is 5.28. The van der Waals surface area contributed by atoms with Crippen LogP contribution >= 0.6 is 27.3 Å². The van der Waals surface area contributed by atoms with Crippen LogP contribution < -0.4 is 10.1 Å². The van der Waals surface area contributed by atoms with Gasteiger partial charge in [0.15, 0.2) is 0 Å². The predicted molar refractivity (Wildman–Crippen MR) is 85.3 cm³/mol. The molecule has 0 bridgehead atoms. The summed E-state index contributed by atoms with van der Waals surface area (Å²) in [7, 11) is 3.71. The Morgan fingerprint density at radius 3 is 2.74 bits per heavy atom. The Morgan fingerprint density at radius 2 is 2.16 bits per heavy atom. The molecule has 0 amide bonds. The Labute approximate surface area is 126 Å². The summed E-state index contributed by atoms with van der Waals surface area (Å²) >= 11 is 5.34. The SMILES string of the molecule is CNC(Cc1cccc(OC)c1)c1cc(Br)sc1C. The van der Waals surface area contributed by atoms with Crippen molar-refractivity contribution in [1.82, 2.24) is 5.32 Å². The maximum Gasteiger partial charge on any atom is 0.119 e. The summed E-state index contributed by atoms with van der Waals surface area (Å²) in [6.07, 6.45) is 0.956. The molecule has 0 saturated heterocycles. The molecule has 2 nitrogen and oxygen atoms in total. The molecule has 1 heterocycles. The first-order valence-electron chi connectivity index (χ1n) is 6.20. The molecule has 0 spiro atoms. The minimum atomic E-state index is 0.328. The monoisotopic (exact) mass is 339 g/mol. The van der Waals surface area contributed by atoms with E-state index in [0.29, 0.717) is 6.04 Å². The van der Waals surface area contributed by atoms with Gasteiger partial charge in [0.2, 0.25) is 0 Å². The second kappa shape index (κ2) is 6.55. The molecule has 0 saturated carbocycles. The van der Waals surface area contributed by atoms with E-state index >= 15 is 0 Å². The lowest BCUT2D eigenvalue weighted by Gasteiger charge is -2.16. The highest BCUT2D eigenvalue weighted by molar-refractivity contribution is 9.11. The van der Waals surface area contributed by atoms with Gasteiger partial charge in [-0.1, -0.05) is 12.1 Å². The number of halogens is 1. The van der Waals surface area contributed by atoms with E-state index in [1.54, 1.807) is 18.4 Å². The summed E-state index contributed by atoms with van der Waals surface area (Å²) < 4.78 is 6.46. The van der Waals surface area contributed by atoms with Crippen molar-refractivity contribution >= 4 is 27.3 Å². The Morgan fingerprint density at radius 1 is 1.37 bits per heavy atom. The molecule has 1 aromatic carbocycles. The van der Waals surface area contributed by atoms with Crippen LogP contribution in [0.2, 0.25) is 0 Å².